The zero-order valence-electron chi connectivity index (χ0n) is 18.4. The predicted molar refractivity (Wildman–Crippen MR) is 122 cm³/mol. The third kappa shape index (κ3) is 5.53. The maximum Gasteiger partial charge on any atom is 0.338 e. The van der Waals surface area contributed by atoms with E-state index in [-0.39, 0.29) is 12.6 Å². The maximum absolute atomic E-state index is 12.7. The Balaban J connectivity index is 1.93. The molecule has 0 radical (unpaired) electrons. The van der Waals surface area contributed by atoms with E-state index in [0.29, 0.717) is 53.0 Å². The van der Waals surface area contributed by atoms with Crippen molar-refractivity contribution in [2.75, 3.05) is 13.2 Å². The van der Waals surface area contributed by atoms with Crippen molar-refractivity contribution in [2.45, 2.75) is 39.8 Å². The standard InChI is InChI=1S/C24H27ClN2O5/c1-4-18-21(23(28)31-6-3)22(27-24(29)26-18)16-10-11-19(20(13-16)30-5-2)32-14-15-8-7-9-17(25)12-15/h7-13,22H,4-6,14H2,1-3H3,(H2,26,27,29). The van der Waals surface area contributed by atoms with E-state index in [1.54, 1.807) is 31.2 Å². The normalized spacial score (nSPS) is 15.6. The van der Waals surface area contributed by atoms with Crippen molar-refractivity contribution in [1.82, 2.24) is 10.6 Å². The molecular formula is C24H27ClN2O5. The number of hydrogen-bond acceptors (Lipinski definition) is 5. The second-order valence-electron chi connectivity index (χ2n) is 7.06. The van der Waals surface area contributed by atoms with Crippen LogP contribution in [-0.2, 0) is 16.1 Å². The Hall–Kier alpha value is -3.19. The molecule has 0 saturated heterocycles. The van der Waals surface area contributed by atoms with Gasteiger partial charge in [-0.3, -0.25) is 0 Å². The molecule has 2 aromatic rings. The quantitative estimate of drug-likeness (QED) is 0.522. The van der Waals surface area contributed by atoms with Crippen molar-refractivity contribution in [3.8, 4) is 11.5 Å². The molecule has 1 aliphatic heterocycles. The smallest absolute Gasteiger partial charge is 0.338 e. The summed E-state index contributed by atoms with van der Waals surface area (Å²) in [5, 5.41) is 6.17. The first-order chi connectivity index (χ1) is 15.5. The van der Waals surface area contributed by atoms with Gasteiger partial charge in [0.1, 0.15) is 6.61 Å². The number of amides is 2. The third-order valence-electron chi connectivity index (χ3n) is 4.89. The maximum atomic E-state index is 12.7. The van der Waals surface area contributed by atoms with Crippen LogP contribution in [0.3, 0.4) is 0 Å². The monoisotopic (exact) mass is 458 g/mol. The highest BCUT2D eigenvalue weighted by atomic mass is 35.5. The number of benzene rings is 2. The van der Waals surface area contributed by atoms with Crippen molar-refractivity contribution < 1.29 is 23.8 Å². The van der Waals surface area contributed by atoms with Crippen LogP contribution in [-0.4, -0.2) is 25.2 Å². The van der Waals surface area contributed by atoms with Gasteiger partial charge in [-0.05, 0) is 55.7 Å². The molecule has 1 unspecified atom stereocenters. The number of nitrogens with one attached hydrogen (secondary N) is 2. The summed E-state index contributed by atoms with van der Waals surface area (Å²) in [5.74, 6) is 0.593. The molecule has 0 saturated carbocycles. The Labute approximate surface area is 192 Å². The fourth-order valence-corrected chi connectivity index (χ4v) is 3.69. The van der Waals surface area contributed by atoms with E-state index in [4.69, 9.17) is 25.8 Å². The Morgan fingerprint density at radius 3 is 2.53 bits per heavy atom. The summed E-state index contributed by atoms with van der Waals surface area (Å²) < 4.78 is 17.0. The number of esters is 1. The zero-order chi connectivity index (χ0) is 23.1. The van der Waals surface area contributed by atoms with Crippen molar-refractivity contribution >= 4 is 23.6 Å². The van der Waals surface area contributed by atoms with Gasteiger partial charge in [0.15, 0.2) is 11.5 Å². The summed E-state index contributed by atoms with van der Waals surface area (Å²) in [5.41, 5.74) is 2.53. The number of urea groups is 1. The molecule has 1 aliphatic rings. The van der Waals surface area contributed by atoms with Gasteiger partial charge >= 0.3 is 12.0 Å². The van der Waals surface area contributed by atoms with Gasteiger partial charge in [-0.2, -0.15) is 0 Å². The highest BCUT2D eigenvalue weighted by Crippen LogP contribution is 2.35. The van der Waals surface area contributed by atoms with Crippen molar-refractivity contribution in [2.24, 2.45) is 0 Å². The molecule has 32 heavy (non-hydrogen) atoms. The molecule has 8 heteroatoms. The number of carbonyl (C=O) groups excluding carboxylic acids is 2. The van der Waals surface area contributed by atoms with Gasteiger partial charge in [0, 0.05) is 10.7 Å². The summed E-state index contributed by atoms with van der Waals surface area (Å²) in [7, 11) is 0. The fourth-order valence-electron chi connectivity index (χ4n) is 3.48. The molecule has 170 valence electrons. The third-order valence-corrected chi connectivity index (χ3v) is 5.12. The van der Waals surface area contributed by atoms with Gasteiger partial charge in [0.25, 0.3) is 0 Å². The number of rotatable bonds is 9. The van der Waals surface area contributed by atoms with E-state index in [1.807, 2.05) is 32.0 Å². The molecule has 0 bridgehead atoms. The molecule has 0 aliphatic carbocycles. The van der Waals surface area contributed by atoms with E-state index in [9.17, 15) is 9.59 Å². The summed E-state index contributed by atoms with van der Waals surface area (Å²) in [6.07, 6.45) is 0.483. The summed E-state index contributed by atoms with van der Waals surface area (Å²) in [6, 6.07) is 11.7. The van der Waals surface area contributed by atoms with Crippen molar-refractivity contribution in [3.05, 3.63) is 69.9 Å². The van der Waals surface area contributed by atoms with Crippen LogP contribution in [0.1, 0.15) is 44.4 Å². The number of allylic oxidation sites excluding steroid dienone is 1. The number of halogens is 1. The summed E-state index contributed by atoms with van der Waals surface area (Å²) >= 11 is 6.05. The summed E-state index contributed by atoms with van der Waals surface area (Å²) in [6.45, 7) is 6.47. The molecule has 1 atom stereocenters. The fraction of sp³-hybridized carbons (Fsp3) is 0.333. The van der Waals surface area contributed by atoms with Crippen LogP contribution in [0, 0.1) is 0 Å². The lowest BCUT2D eigenvalue weighted by molar-refractivity contribution is -0.139. The van der Waals surface area contributed by atoms with E-state index < -0.39 is 12.0 Å². The van der Waals surface area contributed by atoms with Crippen LogP contribution in [0.4, 0.5) is 4.79 Å². The lowest BCUT2D eigenvalue weighted by Gasteiger charge is -2.29. The first-order valence-electron chi connectivity index (χ1n) is 10.6. The molecule has 0 aromatic heterocycles. The van der Waals surface area contributed by atoms with Crippen molar-refractivity contribution in [3.63, 3.8) is 0 Å². The van der Waals surface area contributed by atoms with Gasteiger partial charge < -0.3 is 24.8 Å². The Kier molecular flexibility index (Phi) is 8.00. The number of carbonyl (C=O) groups is 2. The van der Waals surface area contributed by atoms with Crippen LogP contribution in [0.25, 0.3) is 0 Å². The summed E-state index contributed by atoms with van der Waals surface area (Å²) in [4.78, 5) is 24.9. The molecule has 0 fully saturated rings. The van der Waals surface area contributed by atoms with Gasteiger partial charge in [-0.1, -0.05) is 36.7 Å². The van der Waals surface area contributed by atoms with Gasteiger partial charge in [-0.25, -0.2) is 9.59 Å². The lowest BCUT2D eigenvalue weighted by atomic mass is 9.94. The lowest BCUT2D eigenvalue weighted by Crippen LogP contribution is -2.45. The largest absolute Gasteiger partial charge is 0.490 e. The van der Waals surface area contributed by atoms with Crippen LogP contribution >= 0.6 is 11.6 Å². The molecule has 3 rings (SSSR count). The first kappa shape index (κ1) is 23.5. The van der Waals surface area contributed by atoms with Gasteiger partial charge in [0.05, 0.1) is 24.8 Å². The number of ether oxygens (including phenoxy) is 3. The second kappa shape index (κ2) is 10.9. The number of hydrogen-bond donors (Lipinski definition) is 2. The first-order valence-corrected chi connectivity index (χ1v) is 11.0. The van der Waals surface area contributed by atoms with Crippen LogP contribution in [0.15, 0.2) is 53.7 Å². The highest BCUT2D eigenvalue weighted by molar-refractivity contribution is 6.30. The topological polar surface area (TPSA) is 85.9 Å². The molecular weight excluding hydrogens is 432 g/mol. The second-order valence-corrected chi connectivity index (χ2v) is 7.49. The highest BCUT2D eigenvalue weighted by Gasteiger charge is 2.33. The Morgan fingerprint density at radius 1 is 1.03 bits per heavy atom. The Bertz CT molecular complexity index is 1020. The van der Waals surface area contributed by atoms with E-state index >= 15 is 0 Å². The predicted octanol–water partition coefficient (Wildman–Crippen LogP) is 4.90. The molecule has 7 nitrogen and oxygen atoms in total. The van der Waals surface area contributed by atoms with Crippen LogP contribution in [0.5, 0.6) is 11.5 Å². The van der Waals surface area contributed by atoms with E-state index in [2.05, 4.69) is 10.6 Å². The zero-order valence-corrected chi connectivity index (χ0v) is 19.1. The SMILES string of the molecule is CCOC(=O)C1=C(CC)NC(=O)NC1c1ccc(OCc2cccc(Cl)c2)c(OCC)c1. The molecule has 2 aromatic carbocycles. The van der Waals surface area contributed by atoms with Crippen LogP contribution in [0.2, 0.25) is 5.02 Å². The van der Waals surface area contributed by atoms with Crippen LogP contribution < -0.4 is 20.1 Å². The molecule has 2 amide bonds. The van der Waals surface area contributed by atoms with Crippen molar-refractivity contribution in [1.29, 1.82) is 0 Å². The molecule has 1 heterocycles. The molecule has 2 N–H and O–H groups in total. The molecule has 0 spiro atoms. The Morgan fingerprint density at radius 2 is 1.84 bits per heavy atom. The van der Waals surface area contributed by atoms with E-state index in [1.165, 1.54) is 0 Å². The average Bonchev–Trinajstić information content (AvgIpc) is 2.78. The van der Waals surface area contributed by atoms with E-state index in [0.717, 1.165) is 5.56 Å². The minimum atomic E-state index is -0.668. The minimum Gasteiger partial charge on any atom is -0.490 e. The van der Waals surface area contributed by atoms with Gasteiger partial charge in [0.2, 0.25) is 0 Å². The minimum absolute atomic E-state index is 0.237. The van der Waals surface area contributed by atoms with Gasteiger partial charge in [-0.15, -0.1) is 0 Å². The average molecular weight is 459 g/mol.